The zero-order valence-corrected chi connectivity index (χ0v) is 12.3. The van der Waals surface area contributed by atoms with E-state index in [4.69, 9.17) is 0 Å². The molecule has 1 heterocycles. The first kappa shape index (κ1) is 13.7. The van der Waals surface area contributed by atoms with Gasteiger partial charge in [0.2, 0.25) is 0 Å². The van der Waals surface area contributed by atoms with Gasteiger partial charge in [-0.05, 0) is 38.5 Å². The highest BCUT2D eigenvalue weighted by atomic mass is 32.1. The number of fused-ring (bicyclic) bond motifs is 1. The van der Waals surface area contributed by atoms with Crippen molar-refractivity contribution in [1.29, 1.82) is 0 Å². The van der Waals surface area contributed by atoms with Gasteiger partial charge in [-0.2, -0.15) is 10.2 Å². The molecule has 0 saturated heterocycles. The monoisotopic (exact) mass is 274 g/mol. The molecule has 0 unspecified atom stereocenters. The number of hydrogen-bond donors (Lipinski definition) is 1. The maximum absolute atomic E-state index is 9.85. The number of benzene rings is 1. The van der Waals surface area contributed by atoms with Gasteiger partial charge in [-0.3, -0.25) is 0 Å². The van der Waals surface area contributed by atoms with Crippen molar-refractivity contribution in [2.24, 2.45) is 10.2 Å². The normalized spacial score (nSPS) is 11.8. The molecule has 0 fully saturated rings. The van der Waals surface area contributed by atoms with Crippen molar-refractivity contribution in [3.63, 3.8) is 0 Å². The average Bonchev–Trinajstić information content (AvgIpc) is 2.79. The number of phenolic OH excluding ortho intramolecular Hbond substituents is 1. The number of aromatic hydroxyl groups is 1. The molecular formula is C15H18N2OS. The Morgan fingerprint density at radius 3 is 2.68 bits per heavy atom. The molecule has 0 aliphatic heterocycles. The van der Waals surface area contributed by atoms with E-state index in [1.165, 1.54) is 0 Å². The molecule has 0 aliphatic rings. The first-order chi connectivity index (χ1) is 9.11. The number of thiophene rings is 1. The molecule has 19 heavy (non-hydrogen) atoms. The molecule has 100 valence electrons. The molecule has 2 rings (SSSR count). The number of nitrogens with zero attached hydrogens (tertiary/aromatic N) is 2. The lowest BCUT2D eigenvalue weighted by molar-refractivity contribution is 0.482. The van der Waals surface area contributed by atoms with Crippen LogP contribution in [0.4, 0.5) is 0 Å². The van der Waals surface area contributed by atoms with Crippen molar-refractivity contribution in [1.82, 2.24) is 0 Å². The first-order valence-corrected chi connectivity index (χ1v) is 7.23. The van der Waals surface area contributed by atoms with Crippen LogP contribution in [-0.2, 0) is 0 Å². The van der Waals surface area contributed by atoms with Gasteiger partial charge in [0.25, 0.3) is 0 Å². The minimum Gasteiger partial charge on any atom is -0.507 e. The van der Waals surface area contributed by atoms with Gasteiger partial charge in [-0.1, -0.05) is 19.4 Å². The summed E-state index contributed by atoms with van der Waals surface area (Å²) in [7, 11) is 0. The molecule has 1 N–H and O–H groups in total. The highest BCUT2D eigenvalue weighted by Crippen LogP contribution is 2.32. The van der Waals surface area contributed by atoms with Crippen LogP contribution in [0.1, 0.15) is 38.5 Å². The third-order valence-corrected chi connectivity index (χ3v) is 3.83. The second kappa shape index (κ2) is 5.97. The minimum absolute atomic E-state index is 0.325. The quantitative estimate of drug-likeness (QED) is 0.643. The summed E-state index contributed by atoms with van der Waals surface area (Å²) in [5, 5.41) is 19.2. The second-order valence-electron chi connectivity index (χ2n) is 4.64. The van der Waals surface area contributed by atoms with Gasteiger partial charge in [0.1, 0.15) is 5.75 Å². The highest BCUT2D eigenvalue weighted by Gasteiger charge is 2.10. The summed E-state index contributed by atoms with van der Waals surface area (Å²) in [5.74, 6) is 0.325. The van der Waals surface area contributed by atoms with Gasteiger partial charge in [0.05, 0.1) is 10.6 Å². The molecule has 0 amide bonds. The average molecular weight is 274 g/mol. The molecule has 1 aromatic carbocycles. The Bertz CT molecular complexity index is 637. The minimum atomic E-state index is 0.325. The molecule has 1 aromatic heterocycles. The van der Waals surface area contributed by atoms with E-state index in [0.29, 0.717) is 5.75 Å². The Labute approximate surface area is 117 Å². The van der Waals surface area contributed by atoms with Crippen LogP contribution < -0.4 is 0 Å². The van der Waals surface area contributed by atoms with Crippen LogP contribution in [0.5, 0.6) is 5.75 Å². The van der Waals surface area contributed by atoms with Crippen molar-refractivity contribution >= 4 is 32.8 Å². The van der Waals surface area contributed by atoms with E-state index < -0.39 is 0 Å². The predicted molar refractivity (Wildman–Crippen MR) is 83.7 cm³/mol. The second-order valence-corrected chi connectivity index (χ2v) is 5.73. The molecule has 2 aromatic rings. The van der Waals surface area contributed by atoms with E-state index >= 15 is 0 Å². The third kappa shape index (κ3) is 3.20. The zero-order chi connectivity index (χ0) is 13.8. The van der Waals surface area contributed by atoms with Crippen molar-refractivity contribution in [2.75, 3.05) is 0 Å². The summed E-state index contributed by atoms with van der Waals surface area (Å²) in [6.07, 6.45) is 1.92. The van der Waals surface area contributed by atoms with Crippen LogP contribution in [0, 0.1) is 0 Å². The van der Waals surface area contributed by atoms with Gasteiger partial charge < -0.3 is 5.11 Å². The van der Waals surface area contributed by atoms with Crippen molar-refractivity contribution in [3.8, 4) is 5.75 Å². The summed E-state index contributed by atoms with van der Waals surface area (Å²) in [6.45, 7) is 6.00. The van der Waals surface area contributed by atoms with Gasteiger partial charge in [0.15, 0.2) is 0 Å². The lowest BCUT2D eigenvalue weighted by Crippen LogP contribution is -1.97. The van der Waals surface area contributed by atoms with Gasteiger partial charge in [0, 0.05) is 15.8 Å². The molecule has 3 nitrogen and oxygen atoms in total. The van der Waals surface area contributed by atoms with E-state index in [-0.39, 0.29) is 0 Å². The van der Waals surface area contributed by atoms with E-state index in [2.05, 4.69) is 17.1 Å². The third-order valence-electron chi connectivity index (χ3n) is 2.68. The van der Waals surface area contributed by atoms with Crippen molar-refractivity contribution < 1.29 is 5.11 Å². The standard InChI is InChI=1S/C15H18N2OS/c1-4-6-12(17-16-10(2)3)15-9-11-13(18)7-5-8-14(11)19-15/h5,7-9,18H,4,6H2,1-3H3/b17-12+. The van der Waals surface area contributed by atoms with Gasteiger partial charge >= 0.3 is 0 Å². The fourth-order valence-electron chi connectivity index (χ4n) is 1.81. The fraction of sp³-hybridized carbons (Fsp3) is 0.333. The summed E-state index contributed by atoms with van der Waals surface area (Å²) >= 11 is 1.65. The zero-order valence-electron chi connectivity index (χ0n) is 11.5. The van der Waals surface area contributed by atoms with Crippen LogP contribution in [0.25, 0.3) is 10.1 Å². The maximum Gasteiger partial charge on any atom is 0.124 e. The van der Waals surface area contributed by atoms with Crippen molar-refractivity contribution in [2.45, 2.75) is 33.6 Å². The highest BCUT2D eigenvalue weighted by molar-refractivity contribution is 7.21. The topological polar surface area (TPSA) is 45.0 Å². The largest absolute Gasteiger partial charge is 0.507 e. The van der Waals surface area contributed by atoms with Crippen LogP contribution in [0.15, 0.2) is 34.5 Å². The van der Waals surface area contributed by atoms with Gasteiger partial charge in [-0.25, -0.2) is 0 Å². The summed E-state index contributed by atoms with van der Waals surface area (Å²) in [6, 6.07) is 7.60. The Kier molecular flexibility index (Phi) is 4.32. The SMILES string of the molecule is CCC/C(=N\N=C(C)C)c1cc2c(O)cccc2s1. The molecular weight excluding hydrogens is 256 g/mol. The van der Waals surface area contributed by atoms with Crippen LogP contribution >= 0.6 is 11.3 Å². The summed E-state index contributed by atoms with van der Waals surface area (Å²) < 4.78 is 1.08. The molecule has 0 bridgehead atoms. The van der Waals surface area contributed by atoms with Crippen LogP contribution in [0.2, 0.25) is 0 Å². The van der Waals surface area contributed by atoms with Gasteiger partial charge in [-0.15, -0.1) is 11.3 Å². The van der Waals surface area contributed by atoms with E-state index in [0.717, 1.165) is 39.2 Å². The lowest BCUT2D eigenvalue weighted by atomic mass is 10.1. The molecule has 0 spiro atoms. The number of rotatable bonds is 4. The van der Waals surface area contributed by atoms with E-state index in [1.54, 1.807) is 17.4 Å². The Hall–Kier alpha value is -1.68. The molecule has 0 atom stereocenters. The van der Waals surface area contributed by atoms with Crippen LogP contribution in [0.3, 0.4) is 0 Å². The summed E-state index contributed by atoms with van der Waals surface area (Å²) in [5.41, 5.74) is 1.93. The smallest absolute Gasteiger partial charge is 0.124 e. The predicted octanol–water partition coefficient (Wildman–Crippen LogP) is 4.59. The number of phenols is 1. The van der Waals surface area contributed by atoms with E-state index in [1.807, 2.05) is 32.0 Å². The maximum atomic E-state index is 9.85. The Balaban J connectivity index is 2.48. The first-order valence-electron chi connectivity index (χ1n) is 6.41. The number of hydrogen-bond acceptors (Lipinski definition) is 4. The Morgan fingerprint density at radius 2 is 2.05 bits per heavy atom. The molecule has 0 saturated carbocycles. The molecule has 0 radical (unpaired) electrons. The van der Waals surface area contributed by atoms with E-state index in [9.17, 15) is 5.11 Å². The lowest BCUT2D eigenvalue weighted by Gasteiger charge is -1.99. The molecule has 4 heteroatoms. The Morgan fingerprint density at radius 1 is 1.26 bits per heavy atom. The fourth-order valence-corrected chi connectivity index (χ4v) is 2.90. The van der Waals surface area contributed by atoms with Crippen molar-refractivity contribution in [3.05, 3.63) is 29.1 Å². The summed E-state index contributed by atoms with van der Waals surface area (Å²) in [4.78, 5) is 1.09. The van der Waals surface area contributed by atoms with Crippen LogP contribution in [-0.4, -0.2) is 16.5 Å². The molecule has 0 aliphatic carbocycles.